The normalized spacial score (nSPS) is 20.6. The highest BCUT2D eigenvalue weighted by molar-refractivity contribution is 6.02. The lowest BCUT2D eigenvalue weighted by molar-refractivity contribution is 0.0366. The van der Waals surface area contributed by atoms with Crippen molar-refractivity contribution >= 4 is 11.6 Å². The summed E-state index contributed by atoms with van der Waals surface area (Å²) in [6.07, 6.45) is 6.47. The highest BCUT2D eigenvalue weighted by Crippen LogP contribution is 2.31. The summed E-state index contributed by atoms with van der Waals surface area (Å²) in [7, 11) is 0. The zero-order chi connectivity index (χ0) is 22.5. The number of benzene rings is 2. The van der Waals surface area contributed by atoms with Crippen LogP contribution in [0.5, 0.6) is 17.4 Å². The van der Waals surface area contributed by atoms with Crippen LogP contribution in [0.4, 0.5) is 5.69 Å². The van der Waals surface area contributed by atoms with Crippen LogP contribution in [0.3, 0.4) is 0 Å². The molecule has 2 atom stereocenters. The minimum Gasteiger partial charge on any atom is -0.493 e. The van der Waals surface area contributed by atoms with Gasteiger partial charge >= 0.3 is 0 Å². The lowest BCUT2D eigenvalue weighted by Gasteiger charge is -2.44. The Morgan fingerprint density at radius 1 is 0.909 bits per heavy atom. The number of rotatable bonds is 7. The fourth-order valence-corrected chi connectivity index (χ4v) is 4.90. The summed E-state index contributed by atoms with van der Waals surface area (Å²) in [5, 5.41) is 2.85. The second-order valence-electron chi connectivity index (χ2n) is 8.82. The molecule has 2 aliphatic heterocycles. The number of carbonyl (C=O) groups excluding carboxylic acids is 1. The van der Waals surface area contributed by atoms with Gasteiger partial charge in [0.05, 0.1) is 6.61 Å². The highest BCUT2D eigenvalue weighted by atomic mass is 16.6. The first kappa shape index (κ1) is 21.6. The molecule has 1 amide bonds. The van der Waals surface area contributed by atoms with Gasteiger partial charge in [-0.25, -0.2) is 0 Å². The van der Waals surface area contributed by atoms with Crippen LogP contribution in [0.15, 0.2) is 71.1 Å². The van der Waals surface area contributed by atoms with Gasteiger partial charge in [0.25, 0.3) is 11.9 Å². The molecule has 33 heavy (non-hydrogen) atoms. The van der Waals surface area contributed by atoms with E-state index in [9.17, 15) is 4.79 Å². The summed E-state index contributed by atoms with van der Waals surface area (Å²) in [5.74, 6) is 2.22. The topological polar surface area (TPSA) is 63.9 Å². The number of anilines is 1. The Morgan fingerprint density at radius 3 is 2.58 bits per heavy atom. The van der Waals surface area contributed by atoms with Crippen LogP contribution in [0.1, 0.15) is 42.7 Å². The highest BCUT2D eigenvalue weighted by Gasteiger charge is 2.33. The van der Waals surface area contributed by atoms with E-state index in [4.69, 9.17) is 13.9 Å². The molecule has 172 valence electrons. The Bertz CT molecular complexity index is 1050. The van der Waals surface area contributed by atoms with Crippen molar-refractivity contribution in [2.24, 2.45) is 5.92 Å². The van der Waals surface area contributed by atoms with Crippen molar-refractivity contribution in [2.75, 3.05) is 25.0 Å². The largest absolute Gasteiger partial charge is 0.493 e. The molecule has 3 heterocycles. The van der Waals surface area contributed by atoms with Gasteiger partial charge in [-0.3, -0.25) is 9.69 Å². The smallest absolute Gasteiger partial charge is 0.291 e. The predicted octanol–water partition coefficient (Wildman–Crippen LogP) is 5.97. The second-order valence-corrected chi connectivity index (χ2v) is 8.82. The number of carbonyl (C=O) groups is 1. The fourth-order valence-electron chi connectivity index (χ4n) is 4.90. The van der Waals surface area contributed by atoms with E-state index in [0.717, 1.165) is 12.4 Å². The van der Waals surface area contributed by atoms with Gasteiger partial charge in [0.15, 0.2) is 5.76 Å². The van der Waals surface area contributed by atoms with Gasteiger partial charge in [0.1, 0.15) is 11.5 Å². The van der Waals surface area contributed by atoms with E-state index in [-0.39, 0.29) is 17.6 Å². The molecule has 1 aromatic heterocycles. The van der Waals surface area contributed by atoms with Crippen molar-refractivity contribution in [3.8, 4) is 17.4 Å². The Labute approximate surface area is 194 Å². The number of furan rings is 1. The van der Waals surface area contributed by atoms with Gasteiger partial charge in [-0.05, 0) is 81.2 Å². The predicted molar refractivity (Wildman–Crippen MR) is 127 cm³/mol. The number of amides is 1. The van der Waals surface area contributed by atoms with E-state index in [2.05, 4.69) is 10.2 Å². The van der Waals surface area contributed by atoms with E-state index >= 15 is 0 Å². The average Bonchev–Trinajstić information content (AvgIpc) is 3.33. The molecule has 0 saturated carbocycles. The first-order valence-electron chi connectivity index (χ1n) is 11.9. The summed E-state index contributed by atoms with van der Waals surface area (Å²) in [4.78, 5) is 15.2. The lowest BCUT2D eigenvalue weighted by Crippen LogP contribution is -2.49. The molecule has 2 aromatic carbocycles. The van der Waals surface area contributed by atoms with Crippen molar-refractivity contribution in [3.63, 3.8) is 0 Å². The number of hydrogen-bond acceptors (Lipinski definition) is 5. The quantitative estimate of drug-likeness (QED) is 0.485. The Hall–Kier alpha value is -3.25. The summed E-state index contributed by atoms with van der Waals surface area (Å²) in [5.41, 5.74) is 0.686. The molecule has 0 unspecified atom stereocenters. The van der Waals surface area contributed by atoms with Gasteiger partial charge in [0, 0.05) is 23.7 Å². The molecule has 6 heteroatoms. The fraction of sp³-hybridized carbons (Fsp3) is 0.370. The van der Waals surface area contributed by atoms with Crippen LogP contribution in [0.2, 0.25) is 0 Å². The standard InChI is InChI=1S/C27H30N2O4/c30-27(25-15-16-26(33-25)32-23-8-2-1-3-9-23)28-21-11-13-22(14-12-21)31-19-20-7-6-18-29-17-5-4-10-24(20)29/h1-3,8-9,11-16,20,24H,4-7,10,17-19H2,(H,28,30)/t20-,24+/m0/s1. The summed E-state index contributed by atoms with van der Waals surface area (Å²) in [6, 6.07) is 20.7. The maximum absolute atomic E-state index is 12.5. The molecule has 0 radical (unpaired) electrons. The third-order valence-corrected chi connectivity index (χ3v) is 6.57. The van der Waals surface area contributed by atoms with Crippen molar-refractivity contribution in [3.05, 3.63) is 72.5 Å². The second kappa shape index (κ2) is 10.1. The van der Waals surface area contributed by atoms with Crippen molar-refractivity contribution in [2.45, 2.75) is 38.1 Å². The number of nitrogens with one attached hydrogen (secondary N) is 1. The summed E-state index contributed by atoms with van der Waals surface area (Å²) in [6.45, 7) is 3.24. The lowest BCUT2D eigenvalue weighted by atomic mass is 9.84. The van der Waals surface area contributed by atoms with Crippen LogP contribution in [-0.2, 0) is 0 Å². The van der Waals surface area contributed by atoms with Crippen LogP contribution < -0.4 is 14.8 Å². The number of hydrogen-bond donors (Lipinski definition) is 1. The SMILES string of the molecule is O=C(Nc1ccc(OC[C@@H]2CCCN3CCCC[C@H]23)cc1)c1ccc(Oc2ccccc2)o1. The minimum absolute atomic E-state index is 0.190. The van der Waals surface area contributed by atoms with Gasteiger partial charge in [-0.15, -0.1) is 0 Å². The molecule has 3 aromatic rings. The molecule has 1 N–H and O–H groups in total. The summed E-state index contributed by atoms with van der Waals surface area (Å²) >= 11 is 0. The van der Waals surface area contributed by atoms with Crippen LogP contribution >= 0.6 is 0 Å². The van der Waals surface area contributed by atoms with Gasteiger partial charge in [-0.2, -0.15) is 0 Å². The zero-order valence-electron chi connectivity index (χ0n) is 18.7. The molecular formula is C27H30N2O4. The molecular weight excluding hydrogens is 416 g/mol. The maximum atomic E-state index is 12.5. The third kappa shape index (κ3) is 5.40. The Balaban J connectivity index is 1.13. The molecule has 2 aliphatic rings. The van der Waals surface area contributed by atoms with Crippen molar-refractivity contribution in [1.82, 2.24) is 4.90 Å². The molecule has 2 saturated heterocycles. The van der Waals surface area contributed by atoms with Crippen LogP contribution in [0, 0.1) is 5.92 Å². The first-order valence-corrected chi connectivity index (χ1v) is 11.9. The van der Waals surface area contributed by atoms with Gasteiger partial charge in [-0.1, -0.05) is 24.6 Å². The maximum Gasteiger partial charge on any atom is 0.291 e. The van der Waals surface area contributed by atoms with Gasteiger partial charge < -0.3 is 19.2 Å². The first-order chi connectivity index (χ1) is 16.2. The zero-order valence-corrected chi connectivity index (χ0v) is 18.7. The van der Waals surface area contributed by atoms with E-state index in [1.807, 2.05) is 54.6 Å². The van der Waals surface area contributed by atoms with Gasteiger partial charge in [0.2, 0.25) is 0 Å². The number of piperidine rings is 2. The molecule has 0 spiro atoms. The summed E-state index contributed by atoms with van der Waals surface area (Å²) < 4.78 is 17.3. The van der Waals surface area contributed by atoms with E-state index in [0.29, 0.717) is 23.4 Å². The van der Waals surface area contributed by atoms with Crippen LogP contribution in [-0.4, -0.2) is 36.5 Å². The number of para-hydroxylation sites is 1. The molecule has 5 rings (SSSR count). The minimum atomic E-state index is -0.328. The third-order valence-electron chi connectivity index (χ3n) is 6.57. The number of fused-ring (bicyclic) bond motifs is 1. The molecule has 0 bridgehead atoms. The van der Waals surface area contributed by atoms with E-state index in [1.165, 1.54) is 45.2 Å². The Morgan fingerprint density at radius 2 is 1.73 bits per heavy atom. The van der Waals surface area contributed by atoms with Crippen molar-refractivity contribution < 1.29 is 18.7 Å². The number of nitrogens with zero attached hydrogens (tertiary/aromatic N) is 1. The molecule has 2 fully saturated rings. The molecule has 6 nitrogen and oxygen atoms in total. The van der Waals surface area contributed by atoms with Crippen molar-refractivity contribution in [1.29, 1.82) is 0 Å². The number of ether oxygens (including phenoxy) is 2. The Kier molecular flexibility index (Phi) is 6.63. The average molecular weight is 447 g/mol. The van der Waals surface area contributed by atoms with Crippen LogP contribution in [0.25, 0.3) is 0 Å². The van der Waals surface area contributed by atoms with E-state index < -0.39 is 0 Å². The molecule has 0 aliphatic carbocycles. The van der Waals surface area contributed by atoms with E-state index in [1.54, 1.807) is 12.1 Å². The monoisotopic (exact) mass is 446 g/mol.